The lowest BCUT2D eigenvalue weighted by molar-refractivity contribution is 0.0851. The van der Waals surface area contributed by atoms with Gasteiger partial charge in [0.25, 0.3) is 0 Å². The predicted octanol–water partition coefficient (Wildman–Crippen LogP) is 2.25. The fourth-order valence-electron chi connectivity index (χ4n) is 2.68. The molecule has 1 aliphatic carbocycles. The third-order valence-corrected chi connectivity index (χ3v) is 3.74. The summed E-state index contributed by atoms with van der Waals surface area (Å²) >= 11 is 0. The van der Waals surface area contributed by atoms with E-state index < -0.39 is 0 Å². The van der Waals surface area contributed by atoms with Crippen LogP contribution in [0.3, 0.4) is 0 Å². The average molecular weight is 210 g/mol. The van der Waals surface area contributed by atoms with Crippen LogP contribution in [-0.4, -0.2) is 36.1 Å². The molecule has 0 bridgehead atoms. The van der Waals surface area contributed by atoms with Crippen molar-refractivity contribution in [1.82, 2.24) is 10.2 Å². The van der Waals surface area contributed by atoms with Gasteiger partial charge in [0.1, 0.15) is 0 Å². The van der Waals surface area contributed by atoms with E-state index >= 15 is 0 Å². The minimum Gasteiger partial charge on any atom is -0.309 e. The van der Waals surface area contributed by atoms with Crippen molar-refractivity contribution in [2.45, 2.75) is 58.0 Å². The molecule has 0 amide bonds. The molecular formula is C13H26N2. The fraction of sp³-hybridized carbons (Fsp3) is 1.00. The Hall–Kier alpha value is -0.0800. The van der Waals surface area contributed by atoms with Crippen molar-refractivity contribution in [2.24, 2.45) is 5.92 Å². The van der Waals surface area contributed by atoms with Crippen LogP contribution in [0.2, 0.25) is 0 Å². The second-order valence-corrected chi connectivity index (χ2v) is 6.08. The molecule has 15 heavy (non-hydrogen) atoms. The van der Waals surface area contributed by atoms with Gasteiger partial charge in [-0.05, 0) is 39.0 Å². The fourth-order valence-corrected chi connectivity index (χ4v) is 2.68. The minimum absolute atomic E-state index is 0.319. The molecular weight excluding hydrogens is 184 g/mol. The molecule has 0 aromatic heterocycles. The molecule has 2 nitrogen and oxygen atoms in total. The van der Waals surface area contributed by atoms with Crippen LogP contribution >= 0.6 is 0 Å². The van der Waals surface area contributed by atoms with Crippen LogP contribution in [0, 0.1) is 5.92 Å². The maximum atomic E-state index is 3.68. The lowest BCUT2D eigenvalue weighted by atomic mass is 9.96. The standard InChI is InChI=1S/C13H26N2/c1-4-5-12-8-14-13(2,3)10-15(12)9-11-6-7-11/h11-12,14H,4-10H2,1-3H3. The first-order valence-corrected chi connectivity index (χ1v) is 6.60. The van der Waals surface area contributed by atoms with Gasteiger partial charge in [0.2, 0.25) is 0 Å². The maximum absolute atomic E-state index is 3.68. The summed E-state index contributed by atoms with van der Waals surface area (Å²) < 4.78 is 0. The molecule has 1 heterocycles. The summed E-state index contributed by atoms with van der Waals surface area (Å²) in [6.45, 7) is 10.7. The zero-order valence-corrected chi connectivity index (χ0v) is 10.6. The average Bonchev–Trinajstić information content (AvgIpc) is 2.93. The van der Waals surface area contributed by atoms with E-state index in [0.29, 0.717) is 5.54 Å². The van der Waals surface area contributed by atoms with E-state index in [0.717, 1.165) is 12.0 Å². The monoisotopic (exact) mass is 210 g/mol. The Morgan fingerprint density at radius 2 is 2.07 bits per heavy atom. The Morgan fingerprint density at radius 1 is 1.33 bits per heavy atom. The molecule has 2 heteroatoms. The van der Waals surface area contributed by atoms with Crippen molar-refractivity contribution in [3.63, 3.8) is 0 Å². The third kappa shape index (κ3) is 3.18. The van der Waals surface area contributed by atoms with Crippen LogP contribution in [0.1, 0.15) is 46.5 Å². The van der Waals surface area contributed by atoms with Gasteiger partial charge in [-0.2, -0.15) is 0 Å². The summed E-state index contributed by atoms with van der Waals surface area (Å²) in [5.74, 6) is 1.03. The van der Waals surface area contributed by atoms with Crippen LogP contribution in [0.25, 0.3) is 0 Å². The number of nitrogens with zero attached hydrogens (tertiary/aromatic N) is 1. The summed E-state index contributed by atoms with van der Waals surface area (Å²) in [7, 11) is 0. The highest BCUT2D eigenvalue weighted by molar-refractivity contribution is 4.93. The van der Waals surface area contributed by atoms with Crippen LogP contribution < -0.4 is 5.32 Å². The Kier molecular flexibility index (Phi) is 3.36. The SMILES string of the molecule is CCCC1CNC(C)(C)CN1CC1CC1. The summed E-state index contributed by atoms with van der Waals surface area (Å²) in [5, 5.41) is 3.68. The third-order valence-electron chi connectivity index (χ3n) is 3.74. The largest absolute Gasteiger partial charge is 0.309 e. The van der Waals surface area contributed by atoms with E-state index in [1.807, 2.05) is 0 Å². The van der Waals surface area contributed by atoms with Gasteiger partial charge in [-0.3, -0.25) is 4.90 Å². The molecule has 0 aromatic rings. The molecule has 0 spiro atoms. The van der Waals surface area contributed by atoms with E-state index in [2.05, 4.69) is 31.0 Å². The normalized spacial score (nSPS) is 31.8. The highest BCUT2D eigenvalue weighted by Gasteiger charge is 2.35. The van der Waals surface area contributed by atoms with Crippen molar-refractivity contribution in [2.75, 3.05) is 19.6 Å². The van der Waals surface area contributed by atoms with E-state index in [1.54, 1.807) is 0 Å². The maximum Gasteiger partial charge on any atom is 0.0252 e. The van der Waals surface area contributed by atoms with Gasteiger partial charge >= 0.3 is 0 Å². The Labute approximate surface area is 94.4 Å². The smallest absolute Gasteiger partial charge is 0.0252 e. The quantitative estimate of drug-likeness (QED) is 0.765. The Morgan fingerprint density at radius 3 is 2.67 bits per heavy atom. The van der Waals surface area contributed by atoms with Crippen LogP contribution in [0.5, 0.6) is 0 Å². The molecule has 1 saturated carbocycles. The minimum atomic E-state index is 0.319. The molecule has 1 saturated heterocycles. The summed E-state index contributed by atoms with van der Waals surface area (Å²) in [5.41, 5.74) is 0.319. The van der Waals surface area contributed by atoms with Gasteiger partial charge in [-0.25, -0.2) is 0 Å². The van der Waals surface area contributed by atoms with Crippen LogP contribution in [0.15, 0.2) is 0 Å². The first kappa shape index (κ1) is 11.4. The predicted molar refractivity (Wildman–Crippen MR) is 65.1 cm³/mol. The highest BCUT2D eigenvalue weighted by Crippen LogP contribution is 2.32. The Bertz CT molecular complexity index is 209. The second kappa shape index (κ2) is 4.42. The van der Waals surface area contributed by atoms with Crippen molar-refractivity contribution in [3.8, 4) is 0 Å². The first-order chi connectivity index (χ1) is 7.11. The lowest BCUT2D eigenvalue weighted by Gasteiger charge is -2.45. The van der Waals surface area contributed by atoms with Crippen LogP contribution in [-0.2, 0) is 0 Å². The van der Waals surface area contributed by atoms with Gasteiger partial charge < -0.3 is 5.32 Å². The van der Waals surface area contributed by atoms with Gasteiger partial charge in [-0.15, -0.1) is 0 Å². The van der Waals surface area contributed by atoms with Crippen molar-refractivity contribution in [3.05, 3.63) is 0 Å². The number of rotatable bonds is 4. The van der Waals surface area contributed by atoms with Gasteiger partial charge in [-0.1, -0.05) is 13.3 Å². The molecule has 2 rings (SSSR count). The van der Waals surface area contributed by atoms with Gasteiger partial charge in [0.15, 0.2) is 0 Å². The van der Waals surface area contributed by atoms with Crippen molar-refractivity contribution >= 4 is 0 Å². The lowest BCUT2D eigenvalue weighted by Crippen LogP contribution is -2.61. The molecule has 0 radical (unpaired) electrons. The zero-order chi connectivity index (χ0) is 10.9. The summed E-state index contributed by atoms with van der Waals surface area (Å²) in [6, 6.07) is 0.795. The topological polar surface area (TPSA) is 15.3 Å². The van der Waals surface area contributed by atoms with E-state index in [9.17, 15) is 0 Å². The first-order valence-electron chi connectivity index (χ1n) is 6.60. The van der Waals surface area contributed by atoms with Crippen molar-refractivity contribution in [1.29, 1.82) is 0 Å². The molecule has 0 aromatic carbocycles. The van der Waals surface area contributed by atoms with Crippen molar-refractivity contribution < 1.29 is 0 Å². The number of hydrogen-bond acceptors (Lipinski definition) is 2. The van der Waals surface area contributed by atoms with E-state index in [1.165, 1.54) is 45.3 Å². The molecule has 88 valence electrons. The molecule has 2 aliphatic rings. The highest BCUT2D eigenvalue weighted by atomic mass is 15.2. The number of piperazine rings is 1. The van der Waals surface area contributed by atoms with E-state index in [4.69, 9.17) is 0 Å². The number of nitrogens with one attached hydrogen (secondary N) is 1. The summed E-state index contributed by atoms with van der Waals surface area (Å²) in [6.07, 6.45) is 5.62. The number of hydrogen-bond donors (Lipinski definition) is 1. The Balaban J connectivity index is 1.91. The van der Waals surface area contributed by atoms with E-state index in [-0.39, 0.29) is 0 Å². The second-order valence-electron chi connectivity index (χ2n) is 6.08. The zero-order valence-electron chi connectivity index (χ0n) is 10.6. The molecule has 2 fully saturated rings. The molecule has 1 N–H and O–H groups in total. The van der Waals surface area contributed by atoms with Gasteiger partial charge in [0, 0.05) is 31.2 Å². The van der Waals surface area contributed by atoms with Crippen LogP contribution in [0.4, 0.5) is 0 Å². The molecule has 1 aliphatic heterocycles. The molecule has 1 atom stereocenters. The van der Waals surface area contributed by atoms with Gasteiger partial charge in [0.05, 0.1) is 0 Å². The summed E-state index contributed by atoms with van der Waals surface area (Å²) in [4.78, 5) is 2.75. The molecule has 1 unspecified atom stereocenters.